The molecule has 1 aromatic carbocycles. The SMILES string of the molecule is C=CC[C@@H](C[C@H]1CO1)OCc1ccccc1. The lowest BCUT2D eigenvalue weighted by molar-refractivity contribution is 0.0323. The van der Waals surface area contributed by atoms with Gasteiger partial charge in [-0.25, -0.2) is 0 Å². The number of hydrogen-bond acceptors (Lipinski definition) is 2. The molecule has 0 amide bonds. The summed E-state index contributed by atoms with van der Waals surface area (Å²) in [6.07, 6.45) is 4.45. The van der Waals surface area contributed by atoms with E-state index < -0.39 is 0 Å². The van der Waals surface area contributed by atoms with Gasteiger partial charge in [0.1, 0.15) is 0 Å². The van der Waals surface area contributed by atoms with Crippen molar-refractivity contribution < 1.29 is 9.47 Å². The van der Waals surface area contributed by atoms with Crippen molar-refractivity contribution in [3.8, 4) is 0 Å². The Bertz CT molecular complexity index is 317. The molecule has 0 bridgehead atoms. The number of rotatable bonds is 7. The van der Waals surface area contributed by atoms with Crippen molar-refractivity contribution in [2.45, 2.75) is 31.7 Å². The fourth-order valence-corrected chi connectivity index (χ4v) is 1.70. The molecule has 1 aliphatic rings. The minimum Gasteiger partial charge on any atom is -0.373 e. The normalized spacial score (nSPS) is 20.4. The number of epoxide rings is 1. The molecule has 0 spiro atoms. The third kappa shape index (κ3) is 3.80. The topological polar surface area (TPSA) is 21.8 Å². The molecular formula is C14H18O2. The molecule has 1 aromatic rings. The summed E-state index contributed by atoms with van der Waals surface area (Å²) < 4.78 is 11.1. The van der Waals surface area contributed by atoms with Crippen LogP contribution in [-0.4, -0.2) is 18.8 Å². The average Bonchev–Trinajstić information content (AvgIpc) is 3.12. The van der Waals surface area contributed by atoms with Crippen LogP contribution < -0.4 is 0 Å². The lowest BCUT2D eigenvalue weighted by Crippen LogP contribution is -2.14. The van der Waals surface area contributed by atoms with E-state index in [0.717, 1.165) is 19.4 Å². The predicted molar refractivity (Wildman–Crippen MR) is 64.2 cm³/mol. The molecule has 2 nitrogen and oxygen atoms in total. The molecule has 2 heteroatoms. The van der Waals surface area contributed by atoms with Gasteiger partial charge in [-0.2, -0.15) is 0 Å². The summed E-state index contributed by atoms with van der Waals surface area (Å²) in [5.74, 6) is 0. The van der Waals surface area contributed by atoms with Crippen LogP contribution in [-0.2, 0) is 16.1 Å². The van der Waals surface area contributed by atoms with Crippen LogP contribution in [0.15, 0.2) is 43.0 Å². The molecule has 16 heavy (non-hydrogen) atoms. The van der Waals surface area contributed by atoms with E-state index in [1.165, 1.54) is 5.56 Å². The van der Waals surface area contributed by atoms with Gasteiger partial charge < -0.3 is 9.47 Å². The fraction of sp³-hybridized carbons (Fsp3) is 0.429. The molecule has 1 fully saturated rings. The summed E-state index contributed by atoms with van der Waals surface area (Å²) in [4.78, 5) is 0. The van der Waals surface area contributed by atoms with Gasteiger partial charge in [0.25, 0.3) is 0 Å². The van der Waals surface area contributed by atoms with E-state index in [9.17, 15) is 0 Å². The van der Waals surface area contributed by atoms with Crippen LogP contribution in [0.2, 0.25) is 0 Å². The largest absolute Gasteiger partial charge is 0.373 e. The maximum Gasteiger partial charge on any atom is 0.0834 e. The molecule has 2 atom stereocenters. The quantitative estimate of drug-likeness (QED) is 0.518. The van der Waals surface area contributed by atoms with Crippen LogP contribution in [0.3, 0.4) is 0 Å². The zero-order chi connectivity index (χ0) is 11.2. The molecule has 0 aromatic heterocycles. The van der Waals surface area contributed by atoms with E-state index in [1.807, 2.05) is 24.3 Å². The molecule has 0 unspecified atom stereocenters. The van der Waals surface area contributed by atoms with Gasteiger partial charge in [-0.15, -0.1) is 6.58 Å². The highest BCUT2D eigenvalue weighted by molar-refractivity contribution is 5.13. The van der Waals surface area contributed by atoms with Gasteiger partial charge in [0.15, 0.2) is 0 Å². The molecule has 0 N–H and O–H groups in total. The average molecular weight is 218 g/mol. The zero-order valence-corrected chi connectivity index (χ0v) is 9.47. The predicted octanol–water partition coefficient (Wildman–Crippen LogP) is 2.94. The number of hydrogen-bond donors (Lipinski definition) is 0. The zero-order valence-electron chi connectivity index (χ0n) is 9.47. The van der Waals surface area contributed by atoms with Gasteiger partial charge in [-0.1, -0.05) is 36.4 Å². The van der Waals surface area contributed by atoms with E-state index >= 15 is 0 Å². The summed E-state index contributed by atoms with van der Waals surface area (Å²) in [5, 5.41) is 0. The second-order valence-corrected chi connectivity index (χ2v) is 4.13. The minimum atomic E-state index is 0.241. The standard InChI is InChI=1S/C14H18O2/c1-2-6-13(9-14-11-16-14)15-10-12-7-4-3-5-8-12/h2-5,7-8,13-14H,1,6,9-11H2/t13-,14-/m0/s1. The molecular weight excluding hydrogens is 200 g/mol. The van der Waals surface area contributed by atoms with Crippen molar-refractivity contribution in [1.29, 1.82) is 0 Å². The first-order valence-electron chi connectivity index (χ1n) is 5.76. The maximum atomic E-state index is 5.87. The Labute approximate surface area is 96.9 Å². The van der Waals surface area contributed by atoms with Crippen molar-refractivity contribution in [3.05, 3.63) is 48.6 Å². The van der Waals surface area contributed by atoms with E-state index in [4.69, 9.17) is 9.47 Å². The number of ether oxygens (including phenoxy) is 2. The van der Waals surface area contributed by atoms with Crippen LogP contribution in [0.1, 0.15) is 18.4 Å². The highest BCUT2D eigenvalue weighted by atomic mass is 16.6. The summed E-state index contributed by atoms with van der Waals surface area (Å²) in [6, 6.07) is 10.2. The molecule has 0 radical (unpaired) electrons. The van der Waals surface area contributed by atoms with Crippen LogP contribution in [0.4, 0.5) is 0 Å². The Morgan fingerprint density at radius 1 is 1.44 bits per heavy atom. The number of benzene rings is 1. The second-order valence-electron chi connectivity index (χ2n) is 4.13. The lowest BCUT2D eigenvalue weighted by atomic mass is 10.1. The van der Waals surface area contributed by atoms with Crippen molar-refractivity contribution in [2.75, 3.05) is 6.61 Å². The van der Waals surface area contributed by atoms with Crippen molar-refractivity contribution in [3.63, 3.8) is 0 Å². The Morgan fingerprint density at radius 3 is 2.81 bits per heavy atom. The minimum absolute atomic E-state index is 0.241. The highest BCUT2D eigenvalue weighted by Gasteiger charge is 2.26. The summed E-state index contributed by atoms with van der Waals surface area (Å²) in [7, 11) is 0. The highest BCUT2D eigenvalue weighted by Crippen LogP contribution is 2.20. The third-order valence-electron chi connectivity index (χ3n) is 2.69. The van der Waals surface area contributed by atoms with Gasteiger partial charge in [0.2, 0.25) is 0 Å². The fourth-order valence-electron chi connectivity index (χ4n) is 1.70. The van der Waals surface area contributed by atoms with Gasteiger partial charge in [0, 0.05) is 6.42 Å². The van der Waals surface area contributed by atoms with Crippen molar-refractivity contribution >= 4 is 0 Å². The Morgan fingerprint density at radius 2 is 2.19 bits per heavy atom. The van der Waals surface area contributed by atoms with Gasteiger partial charge in [-0.3, -0.25) is 0 Å². The van der Waals surface area contributed by atoms with Crippen molar-refractivity contribution in [2.24, 2.45) is 0 Å². The van der Waals surface area contributed by atoms with E-state index in [1.54, 1.807) is 0 Å². The monoisotopic (exact) mass is 218 g/mol. The summed E-state index contributed by atoms with van der Waals surface area (Å²) in [5.41, 5.74) is 1.22. The van der Waals surface area contributed by atoms with Crippen LogP contribution >= 0.6 is 0 Å². The van der Waals surface area contributed by atoms with E-state index in [-0.39, 0.29) is 6.10 Å². The third-order valence-corrected chi connectivity index (χ3v) is 2.69. The Kier molecular flexibility index (Phi) is 4.14. The van der Waals surface area contributed by atoms with Crippen LogP contribution in [0.5, 0.6) is 0 Å². The van der Waals surface area contributed by atoms with E-state index in [0.29, 0.717) is 12.7 Å². The van der Waals surface area contributed by atoms with Gasteiger partial charge in [-0.05, 0) is 12.0 Å². The maximum absolute atomic E-state index is 5.87. The molecule has 0 saturated carbocycles. The molecule has 2 rings (SSSR count). The first-order chi connectivity index (χ1) is 7.88. The molecule has 86 valence electrons. The lowest BCUT2D eigenvalue weighted by Gasteiger charge is -2.15. The first-order valence-corrected chi connectivity index (χ1v) is 5.76. The molecule has 0 aliphatic carbocycles. The summed E-state index contributed by atoms with van der Waals surface area (Å²) >= 11 is 0. The molecule has 1 saturated heterocycles. The van der Waals surface area contributed by atoms with E-state index in [2.05, 4.69) is 18.7 Å². The van der Waals surface area contributed by atoms with Gasteiger partial charge >= 0.3 is 0 Å². The molecule has 1 heterocycles. The Hall–Kier alpha value is -1.12. The van der Waals surface area contributed by atoms with Crippen LogP contribution in [0, 0.1) is 0 Å². The summed E-state index contributed by atoms with van der Waals surface area (Å²) in [6.45, 7) is 5.33. The van der Waals surface area contributed by atoms with Gasteiger partial charge in [0.05, 0.1) is 25.4 Å². The van der Waals surface area contributed by atoms with Crippen LogP contribution in [0.25, 0.3) is 0 Å². The first kappa shape index (κ1) is 11.4. The second kappa shape index (κ2) is 5.83. The Balaban J connectivity index is 1.78. The smallest absolute Gasteiger partial charge is 0.0834 e. The van der Waals surface area contributed by atoms with Crippen molar-refractivity contribution in [1.82, 2.24) is 0 Å². The molecule has 1 aliphatic heterocycles.